The smallest absolute Gasteiger partial charge is 0.306 e. The highest BCUT2D eigenvalue weighted by atomic mass is 16.7. The topological polar surface area (TPSA) is 231 Å². The van der Waals surface area contributed by atoms with E-state index < -0.39 is 92.7 Å². The van der Waals surface area contributed by atoms with Crippen LogP contribution in [0, 0.1) is 0 Å². The average Bonchev–Trinajstić information content (AvgIpc) is 3.43. The Balaban J connectivity index is 1.71. The van der Waals surface area contributed by atoms with Gasteiger partial charge in [-0.2, -0.15) is 0 Å². The third-order valence-corrected chi connectivity index (χ3v) is 15.4. The fourth-order valence-corrected chi connectivity index (χ4v) is 10.2. The summed E-state index contributed by atoms with van der Waals surface area (Å²) >= 11 is 0. The molecule has 0 saturated carbocycles. The maximum absolute atomic E-state index is 13.1. The van der Waals surface area contributed by atoms with Crippen LogP contribution in [0.15, 0.2) is 24.3 Å². The normalized spacial score (nSPS) is 24.1. The minimum absolute atomic E-state index is 0.160. The number of allylic oxidation sites excluding steroid dienone is 4. The number of aliphatic hydroxyl groups is 7. The number of rotatable bonds is 52. The van der Waals surface area contributed by atoms with Crippen molar-refractivity contribution in [2.45, 2.75) is 338 Å². The summed E-state index contributed by atoms with van der Waals surface area (Å²) in [7, 11) is 0. The highest BCUT2D eigenvalue weighted by molar-refractivity contribution is 5.70. The third-order valence-electron chi connectivity index (χ3n) is 15.4. The van der Waals surface area contributed by atoms with Gasteiger partial charge in [0, 0.05) is 12.8 Å². The first-order chi connectivity index (χ1) is 38.0. The van der Waals surface area contributed by atoms with Crippen LogP contribution in [0.4, 0.5) is 0 Å². The van der Waals surface area contributed by atoms with Gasteiger partial charge in [-0.25, -0.2) is 0 Å². The van der Waals surface area contributed by atoms with Gasteiger partial charge < -0.3 is 64.2 Å². The Kier molecular flexibility index (Phi) is 45.8. The van der Waals surface area contributed by atoms with E-state index in [1.165, 1.54) is 186 Å². The van der Waals surface area contributed by atoms with Crippen molar-refractivity contribution in [3.05, 3.63) is 24.3 Å². The molecular weight excluding hydrogens is 997 g/mol. The predicted octanol–water partition coefficient (Wildman–Crippen LogP) is 11.8. The molecule has 2 fully saturated rings. The lowest BCUT2D eigenvalue weighted by molar-refractivity contribution is -0.332. The van der Waals surface area contributed by atoms with Gasteiger partial charge >= 0.3 is 11.9 Å². The van der Waals surface area contributed by atoms with Crippen molar-refractivity contribution < 1.29 is 73.8 Å². The van der Waals surface area contributed by atoms with E-state index in [9.17, 15) is 45.3 Å². The molecule has 0 amide bonds. The molecule has 2 aliphatic rings. The molecular formula is C63H116O15. The molecule has 0 radical (unpaired) electrons. The Morgan fingerprint density at radius 2 is 0.744 bits per heavy atom. The molecule has 0 bridgehead atoms. The summed E-state index contributed by atoms with van der Waals surface area (Å²) in [6.45, 7) is 2.62. The molecule has 4 unspecified atom stereocenters. The summed E-state index contributed by atoms with van der Waals surface area (Å²) in [5.74, 6) is -0.950. The van der Waals surface area contributed by atoms with Gasteiger partial charge in [0.15, 0.2) is 18.7 Å². The fraction of sp³-hybridized carbons (Fsp3) is 0.905. The van der Waals surface area contributed by atoms with Crippen LogP contribution in [0.5, 0.6) is 0 Å². The highest BCUT2D eigenvalue weighted by Crippen LogP contribution is 2.27. The van der Waals surface area contributed by atoms with Gasteiger partial charge in [0.05, 0.1) is 19.8 Å². The summed E-state index contributed by atoms with van der Waals surface area (Å²) in [4.78, 5) is 25.9. The Morgan fingerprint density at radius 1 is 0.397 bits per heavy atom. The second-order valence-electron chi connectivity index (χ2n) is 22.6. The van der Waals surface area contributed by atoms with Gasteiger partial charge in [-0.1, -0.05) is 224 Å². The summed E-state index contributed by atoms with van der Waals surface area (Å²) in [5, 5.41) is 72.4. The van der Waals surface area contributed by atoms with E-state index in [2.05, 4.69) is 38.2 Å². The van der Waals surface area contributed by atoms with Crippen molar-refractivity contribution in [3.8, 4) is 0 Å². The summed E-state index contributed by atoms with van der Waals surface area (Å²) < 4.78 is 33.7. The first kappa shape index (κ1) is 72.1. The molecule has 458 valence electrons. The molecule has 2 heterocycles. The lowest BCUT2D eigenvalue weighted by Gasteiger charge is -2.42. The minimum atomic E-state index is -1.77. The number of ether oxygens (including phenoxy) is 6. The Bertz CT molecular complexity index is 1450. The van der Waals surface area contributed by atoms with Crippen molar-refractivity contribution >= 4 is 11.9 Å². The number of unbranched alkanes of at least 4 members (excludes halogenated alkanes) is 34. The van der Waals surface area contributed by atoms with E-state index in [4.69, 9.17) is 28.4 Å². The lowest BCUT2D eigenvalue weighted by Crippen LogP contribution is -2.61. The average molecular weight is 1110 g/mol. The number of carbonyl (C=O) groups excluding carboxylic acids is 2. The second kappa shape index (κ2) is 49.6. The predicted molar refractivity (Wildman–Crippen MR) is 307 cm³/mol. The molecule has 15 heteroatoms. The SMILES string of the molecule is CCCCCCCC/C=C/CCCCCCCCCCCC(=O)O[C@@H](COC(=O)CCC/C=C/CCCCCCCCCCCCCCCCCCCC)CO[C@@H]1O[C@H](CO[C@@H]2O[C@H](CO)[C@H](O)C(O)C2O)[C@H](O)C(O)C1O. The molecule has 78 heavy (non-hydrogen) atoms. The van der Waals surface area contributed by atoms with Crippen LogP contribution in [-0.2, 0) is 38.0 Å². The van der Waals surface area contributed by atoms with Crippen molar-refractivity contribution in [2.24, 2.45) is 0 Å². The summed E-state index contributed by atoms with van der Waals surface area (Å²) in [5.41, 5.74) is 0. The number of esters is 2. The summed E-state index contributed by atoms with van der Waals surface area (Å²) in [6, 6.07) is 0. The Labute approximate surface area is 473 Å². The monoisotopic (exact) mass is 1110 g/mol. The van der Waals surface area contributed by atoms with Gasteiger partial charge in [-0.05, 0) is 57.8 Å². The molecule has 11 atom stereocenters. The van der Waals surface area contributed by atoms with Crippen LogP contribution in [0.3, 0.4) is 0 Å². The highest BCUT2D eigenvalue weighted by Gasteiger charge is 2.47. The Morgan fingerprint density at radius 3 is 1.17 bits per heavy atom. The third kappa shape index (κ3) is 35.8. The first-order valence-corrected chi connectivity index (χ1v) is 31.9. The maximum atomic E-state index is 13.1. The van der Waals surface area contributed by atoms with Crippen LogP contribution in [-0.4, -0.2) is 142 Å². The van der Waals surface area contributed by atoms with E-state index in [0.29, 0.717) is 12.8 Å². The van der Waals surface area contributed by atoms with Crippen LogP contribution >= 0.6 is 0 Å². The molecule has 0 aromatic carbocycles. The largest absolute Gasteiger partial charge is 0.462 e. The van der Waals surface area contributed by atoms with Crippen LogP contribution < -0.4 is 0 Å². The van der Waals surface area contributed by atoms with E-state index in [1.807, 2.05) is 0 Å². The molecule has 2 aliphatic heterocycles. The van der Waals surface area contributed by atoms with Crippen molar-refractivity contribution in [2.75, 3.05) is 26.4 Å². The maximum Gasteiger partial charge on any atom is 0.306 e. The van der Waals surface area contributed by atoms with E-state index >= 15 is 0 Å². The van der Waals surface area contributed by atoms with Crippen LogP contribution in [0.1, 0.15) is 271 Å². The molecule has 15 nitrogen and oxygen atoms in total. The zero-order chi connectivity index (χ0) is 56.7. The molecule has 7 N–H and O–H groups in total. The van der Waals surface area contributed by atoms with Gasteiger partial charge in [-0.3, -0.25) is 9.59 Å². The van der Waals surface area contributed by atoms with Gasteiger partial charge in [-0.15, -0.1) is 0 Å². The fourth-order valence-electron chi connectivity index (χ4n) is 10.2. The zero-order valence-corrected chi connectivity index (χ0v) is 49.2. The minimum Gasteiger partial charge on any atom is -0.462 e. The second-order valence-corrected chi connectivity index (χ2v) is 22.6. The van der Waals surface area contributed by atoms with Crippen LogP contribution in [0.2, 0.25) is 0 Å². The molecule has 2 rings (SSSR count). The van der Waals surface area contributed by atoms with Gasteiger partial charge in [0.1, 0.15) is 55.4 Å². The lowest BCUT2D eigenvalue weighted by atomic mass is 9.98. The number of hydrogen-bond donors (Lipinski definition) is 7. The van der Waals surface area contributed by atoms with Crippen molar-refractivity contribution in [3.63, 3.8) is 0 Å². The molecule has 0 aromatic heterocycles. The quantitative estimate of drug-likeness (QED) is 0.0171. The van der Waals surface area contributed by atoms with Crippen LogP contribution in [0.25, 0.3) is 0 Å². The van der Waals surface area contributed by atoms with E-state index in [0.717, 1.165) is 44.9 Å². The van der Waals surface area contributed by atoms with E-state index in [1.54, 1.807) is 0 Å². The van der Waals surface area contributed by atoms with Gasteiger partial charge in [0.2, 0.25) is 0 Å². The molecule has 0 aromatic rings. The molecule has 2 saturated heterocycles. The number of aliphatic hydroxyl groups excluding tert-OH is 7. The molecule has 0 aliphatic carbocycles. The summed E-state index contributed by atoms with van der Waals surface area (Å²) in [6.07, 6.45) is 39.2. The first-order valence-electron chi connectivity index (χ1n) is 31.9. The Hall–Kier alpha value is -2.02. The van der Waals surface area contributed by atoms with E-state index in [-0.39, 0.29) is 26.1 Å². The van der Waals surface area contributed by atoms with Crippen molar-refractivity contribution in [1.29, 1.82) is 0 Å². The molecule has 0 spiro atoms. The standard InChI is InChI=1S/C63H116O15/c1-3-5-7-9-11-13-15-17-19-21-23-24-25-26-28-29-31-33-35-37-39-41-43-45-54(65)73-48-51(76-55(66)46-44-42-40-38-36-34-32-30-27-22-20-18-16-14-12-10-8-6-4-2)49-74-62-61(72)59(70)57(68)53(78-62)50-75-63-60(71)58(69)56(67)52(47-64)77-63/h18,20,37,39,51-53,56-64,67-72H,3-17,19,21-36,38,40-50H2,1-2H3/b20-18+,39-37+/t51-,52+,53+,56-,57-,58?,59?,60?,61?,62+,63+/m0/s1. The number of carbonyl (C=O) groups is 2. The number of hydrogen-bond acceptors (Lipinski definition) is 15. The van der Waals surface area contributed by atoms with Crippen molar-refractivity contribution in [1.82, 2.24) is 0 Å². The van der Waals surface area contributed by atoms with Gasteiger partial charge in [0.25, 0.3) is 0 Å². The zero-order valence-electron chi connectivity index (χ0n) is 49.2.